The van der Waals surface area contributed by atoms with Gasteiger partial charge >= 0.3 is 0 Å². The van der Waals surface area contributed by atoms with Gasteiger partial charge in [-0.3, -0.25) is 0 Å². The van der Waals surface area contributed by atoms with E-state index in [9.17, 15) is 0 Å². The Morgan fingerprint density at radius 3 is 2.56 bits per heavy atom. The summed E-state index contributed by atoms with van der Waals surface area (Å²) in [5.74, 6) is 1.07. The quantitative estimate of drug-likeness (QED) is 0.778. The second-order valence-corrected chi connectivity index (χ2v) is 6.63. The minimum Gasteiger partial charge on any atom is -0.310 e. The fourth-order valence-electron chi connectivity index (χ4n) is 1.57. The summed E-state index contributed by atoms with van der Waals surface area (Å²) in [4.78, 5) is 2.78. The zero-order chi connectivity index (χ0) is 12.8. The van der Waals surface area contributed by atoms with Crippen LogP contribution in [0.1, 0.15) is 24.3 Å². The highest BCUT2D eigenvalue weighted by molar-refractivity contribution is 7.98. The number of hydrogen-bond donors (Lipinski definition) is 1. The molecule has 3 heteroatoms. The largest absolute Gasteiger partial charge is 0.310 e. The van der Waals surface area contributed by atoms with E-state index >= 15 is 0 Å². The van der Waals surface area contributed by atoms with Gasteiger partial charge in [0.1, 0.15) is 0 Å². The second-order valence-electron chi connectivity index (χ2n) is 4.55. The third kappa shape index (κ3) is 4.48. The van der Waals surface area contributed by atoms with Gasteiger partial charge in [-0.25, -0.2) is 0 Å². The van der Waals surface area contributed by atoms with E-state index in [-0.39, 0.29) is 0 Å². The maximum atomic E-state index is 3.43. The second kappa shape index (κ2) is 6.98. The van der Waals surface area contributed by atoms with Crippen LogP contribution < -0.4 is 5.32 Å². The lowest BCUT2D eigenvalue weighted by atomic mass is 10.2. The van der Waals surface area contributed by atoms with Crippen LogP contribution in [0.2, 0.25) is 0 Å². The number of thiophene rings is 1. The topological polar surface area (TPSA) is 12.0 Å². The Labute approximate surface area is 118 Å². The van der Waals surface area contributed by atoms with Gasteiger partial charge in [-0.1, -0.05) is 32.0 Å². The summed E-state index contributed by atoms with van der Waals surface area (Å²) in [5, 5.41) is 5.57. The molecule has 0 amide bonds. The molecule has 0 aliphatic rings. The van der Waals surface area contributed by atoms with E-state index in [1.54, 1.807) is 0 Å². The molecule has 18 heavy (non-hydrogen) atoms. The zero-order valence-electron chi connectivity index (χ0n) is 10.8. The lowest BCUT2D eigenvalue weighted by Gasteiger charge is -2.08. The molecule has 1 N–H and O–H groups in total. The van der Waals surface area contributed by atoms with E-state index < -0.39 is 0 Å². The molecule has 0 atom stereocenters. The molecule has 0 unspecified atom stereocenters. The van der Waals surface area contributed by atoms with Gasteiger partial charge in [-0.05, 0) is 29.1 Å². The Kier molecular flexibility index (Phi) is 5.29. The lowest BCUT2D eigenvalue weighted by Crippen LogP contribution is -2.21. The molecule has 2 aromatic rings. The molecule has 0 fully saturated rings. The summed E-state index contributed by atoms with van der Waals surface area (Å²) < 4.78 is 0. The predicted molar refractivity (Wildman–Crippen MR) is 82.3 cm³/mol. The monoisotopic (exact) mass is 277 g/mol. The first kappa shape index (κ1) is 13.7. The van der Waals surface area contributed by atoms with Gasteiger partial charge in [0.2, 0.25) is 0 Å². The maximum Gasteiger partial charge on any atom is 0.0326 e. The van der Waals surface area contributed by atoms with Crippen LogP contribution >= 0.6 is 23.1 Å². The number of benzene rings is 1. The smallest absolute Gasteiger partial charge is 0.0326 e. The van der Waals surface area contributed by atoms with Crippen molar-refractivity contribution < 1.29 is 0 Å². The van der Waals surface area contributed by atoms with Crippen molar-refractivity contribution in [2.45, 2.75) is 37.1 Å². The molecular weight excluding hydrogens is 258 g/mol. The summed E-state index contributed by atoms with van der Waals surface area (Å²) in [6, 6.07) is 13.7. The Bertz CT molecular complexity index is 446. The summed E-state index contributed by atoms with van der Waals surface area (Å²) >= 11 is 3.73. The first-order valence-corrected chi connectivity index (χ1v) is 8.08. The molecule has 0 saturated heterocycles. The van der Waals surface area contributed by atoms with Crippen LogP contribution in [0.4, 0.5) is 0 Å². The van der Waals surface area contributed by atoms with Crippen molar-refractivity contribution >= 4 is 23.1 Å². The van der Waals surface area contributed by atoms with Crippen molar-refractivity contribution in [2.75, 3.05) is 0 Å². The van der Waals surface area contributed by atoms with Gasteiger partial charge in [0.25, 0.3) is 0 Å². The van der Waals surface area contributed by atoms with Crippen LogP contribution in [0.25, 0.3) is 0 Å². The Hall–Kier alpha value is -0.770. The molecule has 1 heterocycles. The van der Waals surface area contributed by atoms with E-state index in [0.29, 0.717) is 6.04 Å². The fraction of sp³-hybridized carbons (Fsp3) is 0.333. The van der Waals surface area contributed by atoms with Crippen LogP contribution in [0.3, 0.4) is 0 Å². The van der Waals surface area contributed by atoms with Gasteiger partial charge in [0.15, 0.2) is 0 Å². The molecule has 0 spiro atoms. The van der Waals surface area contributed by atoms with Gasteiger partial charge in [-0.2, -0.15) is 0 Å². The van der Waals surface area contributed by atoms with Crippen molar-refractivity contribution in [3.8, 4) is 0 Å². The van der Waals surface area contributed by atoms with Crippen molar-refractivity contribution in [3.63, 3.8) is 0 Å². The van der Waals surface area contributed by atoms with Crippen molar-refractivity contribution in [2.24, 2.45) is 0 Å². The fourth-order valence-corrected chi connectivity index (χ4v) is 3.25. The van der Waals surface area contributed by atoms with E-state index in [0.717, 1.165) is 12.3 Å². The molecule has 1 nitrogen and oxygen atoms in total. The Morgan fingerprint density at radius 1 is 1.17 bits per heavy atom. The standard InChI is InChI=1S/C15H19NS2/c1-12(2)16-10-13-5-7-14(8-6-13)18-11-15-4-3-9-17-15/h3-9,12,16H,10-11H2,1-2H3. The highest BCUT2D eigenvalue weighted by Gasteiger charge is 1.99. The molecule has 0 saturated carbocycles. The number of rotatable bonds is 6. The van der Waals surface area contributed by atoms with Gasteiger partial charge in [0.05, 0.1) is 0 Å². The SMILES string of the molecule is CC(C)NCc1ccc(SCc2cccs2)cc1. The van der Waals surface area contributed by atoms with Gasteiger partial charge in [-0.15, -0.1) is 23.1 Å². The minimum atomic E-state index is 0.540. The van der Waals surface area contributed by atoms with E-state index in [1.165, 1.54) is 15.3 Å². The first-order valence-electron chi connectivity index (χ1n) is 6.21. The van der Waals surface area contributed by atoms with Crippen LogP contribution in [0.5, 0.6) is 0 Å². The Morgan fingerprint density at radius 2 is 1.94 bits per heavy atom. The number of thioether (sulfide) groups is 1. The summed E-state index contributed by atoms with van der Waals surface area (Å²) in [6.45, 7) is 5.30. The van der Waals surface area contributed by atoms with Crippen LogP contribution in [-0.2, 0) is 12.3 Å². The molecule has 1 aromatic carbocycles. The molecular formula is C15H19NS2. The molecule has 0 aliphatic heterocycles. The molecule has 0 radical (unpaired) electrons. The lowest BCUT2D eigenvalue weighted by molar-refractivity contribution is 0.588. The minimum absolute atomic E-state index is 0.540. The van der Waals surface area contributed by atoms with Gasteiger partial charge < -0.3 is 5.32 Å². The number of hydrogen-bond acceptors (Lipinski definition) is 3. The third-order valence-corrected chi connectivity index (χ3v) is 4.72. The predicted octanol–water partition coefficient (Wildman–Crippen LogP) is 4.54. The third-order valence-electron chi connectivity index (χ3n) is 2.60. The van der Waals surface area contributed by atoms with Crippen molar-refractivity contribution in [1.29, 1.82) is 0 Å². The zero-order valence-corrected chi connectivity index (χ0v) is 12.5. The van der Waals surface area contributed by atoms with Gasteiger partial charge in [0, 0.05) is 28.1 Å². The summed E-state index contributed by atoms with van der Waals surface area (Å²) in [7, 11) is 0. The summed E-state index contributed by atoms with van der Waals surface area (Å²) in [6.07, 6.45) is 0. The maximum absolute atomic E-state index is 3.43. The molecule has 1 aromatic heterocycles. The average Bonchev–Trinajstić information content (AvgIpc) is 2.88. The highest BCUT2D eigenvalue weighted by Crippen LogP contribution is 2.25. The van der Waals surface area contributed by atoms with Crippen LogP contribution in [-0.4, -0.2) is 6.04 Å². The number of nitrogens with one attached hydrogen (secondary N) is 1. The Balaban J connectivity index is 1.83. The first-order chi connectivity index (χ1) is 8.74. The van der Waals surface area contributed by atoms with Crippen LogP contribution in [0.15, 0.2) is 46.7 Å². The normalized spacial score (nSPS) is 11.1. The van der Waals surface area contributed by atoms with E-state index in [1.807, 2.05) is 23.1 Å². The molecule has 0 bridgehead atoms. The highest BCUT2D eigenvalue weighted by atomic mass is 32.2. The van der Waals surface area contributed by atoms with Crippen molar-refractivity contribution in [1.82, 2.24) is 5.32 Å². The van der Waals surface area contributed by atoms with E-state index in [2.05, 4.69) is 60.9 Å². The molecule has 0 aliphatic carbocycles. The van der Waals surface area contributed by atoms with E-state index in [4.69, 9.17) is 0 Å². The molecule has 96 valence electrons. The average molecular weight is 277 g/mol. The van der Waals surface area contributed by atoms with Crippen molar-refractivity contribution in [3.05, 3.63) is 52.2 Å². The van der Waals surface area contributed by atoms with Crippen LogP contribution in [0, 0.1) is 0 Å². The summed E-state index contributed by atoms with van der Waals surface area (Å²) in [5.41, 5.74) is 1.35. The molecule has 2 rings (SSSR count).